The highest BCUT2D eigenvalue weighted by Gasteiger charge is 2.20. The van der Waals surface area contributed by atoms with Crippen LogP contribution in [0.25, 0.3) is 0 Å². The minimum absolute atomic E-state index is 0.00786. The zero-order valence-electron chi connectivity index (χ0n) is 10.1. The molecule has 17 heavy (non-hydrogen) atoms. The first-order chi connectivity index (χ1) is 8.11. The lowest BCUT2D eigenvalue weighted by atomic mass is 10.1. The Morgan fingerprint density at radius 2 is 2.24 bits per heavy atom. The second-order valence-electron chi connectivity index (χ2n) is 4.32. The molecule has 0 fully saturated rings. The van der Waals surface area contributed by atoms with Crippen molar-refractivity contribution in [3.05, 3.63) is 29.3 Å². The zero-order valence-corrected chi connectivity index (χ0v) is 10.1. The molecule has 0 atom stereocenters. The maximum atomic E-state index is 12.0. The summed E-state index contributed by atoms with van der Waals surface area (Å²) in [6, 6.07) is 5.37. The summed E-state index contributed by atoms with van der Waals surface area (Å²) in [6.45, 7) is 2.78. The maximum Gasteiger partial charge on any atom is 0.253 e. The summed E-state index contributed by atoms with van der Waals surface area (Å²) in [5, 5.41) is 2.75. The summed E-state index contributed by atoms with van der Waals surface area (Å²) in [5.74, 6) is 0.000473. The third kappa shape index (κ3) is 2.30. The summed E-state index contributed by atoms with van der Waals surface area (Å²) < 4.78 is 0. The highest BCUT2D eigenvalue weighted by Crippen LogP contribution is 2.24. The molecule has 0 aromatic heterocycles. The summed E-state index contributed by atoms with van der Waals surface area (Å²) in [5.41, 5.74) is 2.38. The topological polar surface area (TPSA) is 49.4 Å². The minimum Gasteiger partial charge on any atom is -0.342 e. The van der Waals surface area contributed by atoms with Gasteiger partial charge in [-0.3, -0.25) is 9.59 Å². The number of nitrogens with zero attached hydrogens (tertiary/aromatic N) is 1. The van der Waals surface area contributed by atoms with Crippen molar-refractivity contribution in [3.63, 3.8) is 0 Å². The number of carbonyl (C=O) groups is 2. The van der Waals surface area contributed by atoms with Crippen LogP contribution < -0.4 is 5.32 Å². The lowest BCUT2D eigenvalue weighted by molar-refractivity contribution is -0.115. The van der Waals surface area contributed by atoms with Crippen molar-refractivity contribution in [2.75, 3.05) is 18.9 Å². The predicted molar refractivity (Wildman–Crippen MR) is 66.0 cm³/mol. The number of nitrogens with one attached hydrogen (secondary N) is 1. The van der Waals surface area contributed by atoms with E-state index in [1.54, 1.807) is 24.1 Å². The third-order valence-electron chi connectivity index (χ3n) is 2.88. The average molecular weight is 232 g/mol. The number of fused-ring (bicyclic) bond motifs is 1. The van der Waals surface area contributed by atoms with Crippen LogP contribution in [-0.4, -0.2) is 30.3 Å². The van der Waals surface area contributed by atoms with Gasteiger partial charge in [0.25, 0.3) is 5.91 Å². The number of hydrogen-bond donors (Lipinski definition) is 1. The summed E-state index contributed by atoms with van der Waals surface area (Å²) >= 11 is 0. The predicted octanol–water partition coefficient (Wildman–Crippen LogP) is 1.66. The molecule has 0 aliphatic carbocycles. The number of carbonyl (C=O) groups excluding carboxylic acids is 2. The standard InChI is InChI=1S/C13H16N2O2/c1-3-6-15(2)13(17)9-4-5-11-10(7-9)8-12(16)14-11/h4-5,7H,3,6,8H2,1-2H3,(H,14,16). The molecular weight excluding hydrogens is 216 g/mol. The van der Waals surface area contributed by atoms with Gasteiger partial charge in [-0.2, -0.15) is 0 Å². The number of anilines is 1. The third-order valence-corrected chi connectivity index (χ3v) is 2.88. The van der Waals surface area contributed by atoms with E-state index in [1.165, 1.54) is 0 Å². The van der Waals surface area contributed by atoms with E-state index in [1.807, 2.05) is 13.0 Å². The van der Waals surface area contributed by atoms with Gasteiger partial charge in [-0.25, -0.2) is 0 Å². The first-order valence-electron chi connectivity index (χ1n) is 5.80. The highest BCUT2D eigenvalue weighted by atomic mass is 16.2. The molecule has 1 aliphatic rings. The molecule has 90 valence electrons. The second-order valence-corrected chi connectivity index (χ2v) is 4.32. The zero-order chi connectivity index (χ0) is 12.4. The Morgan fingerprint density at radius 3 is 2.94 bits per heavy atom. The first-order valence-corrected chi connectivity index (χ1v) is 5.80. The molecule has 1 heterocycles. The van der Waals surface area contributed by atoms with Crippen molar-refractivity contribution in [2.24, 2.45) is 0 Å². The first kappa shape index (κ1) is 11.6. The number of amides is 2. The number of benzene rings is 1. The molecule has 0 saturated heterocycles. The van der Waals surface area contributed by atoms with E-state index >= 15 is 0 Å². The average Bonchev–Trinajstić information content (AvgIpc) is 2.67. The summed E-state index contributed by atoms with van der Waals surface area (Å²) in [4.78, 5) is 24.9. The van der Waals surface area contributed by atoms with Gasteiger partial charge in [0.1, 0.15) is 0 Å². The second kappa shape index (κ2) is 4.57. The molecule has 0 radical (unpaired) electrons. The Labute approximate surface area is 101 Å². The van der Waals surface area contributed by atoms with E-state index in [-0.39, 0.29) is 11.8 Å². The van der Waals surface area contributed by atoms with Crippen molar-refractivity contribution in [2.45, 2.75) is 19.8 Å². The molecule has 1 aromatic rings. The van der Waals surface area contributed by atoms with Gasteiger partial charge in [-0.15, -0.1) is 0 Å². The fraction of sp³-hybridized carbons (Fsp3) is 0.385. The normalized spacial score (nSPS) is 13.2. The van der Waals surface area contributed by atoms with Gasteiger partial charge in [0.2, 0.25) is 5.91 Å². The largest absolute Gasteiger partial charge is 0.342 e. The molecule has 1 aliphatic heterocycles. The van der Waals surface area contributed by atoms with Gasteiger partial charge in [-0.1, -0.05) is 6.92 Å². The Kier molecular flexibility index (Phi) is 3.13. The van der Waals surface area contributed by atoms with Gasteiger partial charge in [0, 0.05) is 24.8 Å². The monoisotopic (exact) mass is 232 g/mol. The van der Waals surface area contributed by atoms with Crippen molar-refractivity contribution in [1.82, 2.24) is 4.90 Å². The number of rotatable bonds is 3. The van der Waals surface area contributed by atoms with E-state index < -0.39 is 0 Å². The smallest absolute Gasteiger partial charge is 0.253 e. The van der Waals surface area contributed by atoms with E-state index in [2.05, 4.69) is 5.32 Å². The van der Waals surface area contributed by atoms with Crippen molar-refractivity contribution in [3.8, 4) is 0 Å². The van der Waals surface area contributed by atoms with Crippen LogP contribution in [-0.2, 0) is 11.2 Å². The number of hydrogen-bond acceptors (Lipinski definition) is 2. The molecule has 0 bridgehead atoms. The summed E-state index contributed by atoms with van der Waals surface area (Å²) in [7, 11) is 1.79. The minimum atomic E-state index is -0.00786. The molecular formula is C13H16N2O2. The molecule has 0 unspecified atom stereocenters. The van der Waals surface area contributed by atoms with Gasteiger partial charge in [0.15, 0.2) is 0 Å². The van der Waals surface area contributed by atoms with Crippen LogP contribution in [0.5, 0.6) is 0 Å². The lowest BCUT2D eigenvalue weighted by Crippen LogP contribution is -2.27. The van der Waals surface area contributed by atoms with Crippen LogP contribution in [0.3, 0.4) is 0 Å². The molecule has 2 rings (SSSR count). The van der Waals surface area contributed by atoms with Crippen molar-refractivity contribution < 1.29 is 9.59 Å². The lowest BCUT2D eigenvalue weighted by Gasteiger charge is -2.16. The summed E-state index contributed by atoms with van der Waals surface area (Å²) in [6.07, 6.45) is 1.31. The quantitative estimate of drug-likeness (QED) is 0.861. The maximum absolute atomic E-state index is 12.0. The van der Waals surface area contributed by atoms with E-state index in [4.69, 9.17) is 0 Å². The molecule has 0 saturated carbocycles. The van der Waals surface area contributed by atoms with E-state index in [0.29, 0.717) is 12.0 Å². The molecule has 4 heteroatoms. The highest BCUT2D eigenvalue weighted by molar-refractivity contribution is 6.01. The van der Waals surface area contributed by atoms with Crippen molar-refractivity contribution in [1.29, 1.82) is 0 Å². The van der Waals surface area contributed by atoms with Gasteiger partial charge in [0.05, 0.1) is 6.42 Å². The van der Waals surface area contributed by atoms with Crippen LogP contribution in [0, 0.1) is 0 Å². The van der Waals surface area contributed by atoms with Gasteiger partial charge in [-0.05, 0) is 30.2 Å². The van der Waals surface area contributed by atoms with Crippen LogP contribution in [0.4, 0.5) is 5.69 Å². The van der Waals surface area contributed by atoms with Gasteiger partial charge < -0.3 is 10.2 Å². The molecule has 1 N–H and O–H groups in total. The Bertz CT molecular complexity index is 468. The van der Waals surface area contributed by atoms with Crippen LogP contribution in [0.15, 0.2) is 18.2 Å². The van der Waals surface area contributed by atoms with Crippen molar-refractivity contribution >= 4 is 17.5 Å². The SMILES string of the molecule is CCCN(C)C(=O)c1ccc2c(c1)CC(=O)N2. The van der Waals surface area contributed by atoms with Crippen LogP contribution >= 0.6 is 0 Å². The Morgan fingerprint density at radius 1 is 1.47 bits per heavy atom. The van der Waals surface area contributed by atoms with E-state index in [9.17, 15) is 9.59 Å². The fourth-order valence-corrected chi connectivity index (χ4v) is 2.02. The molecule has 2 amide bonds. The van der Waals surface area contributed by atoms with E-state index in [0.717, 1.165) is 24.2 Å². The van der Waals surface area contributed by atoms with Gasteiger partial charge >= 0.3 is 0 Å². The molecule has 1 aromatic carbocycles. The molecule has 0 spiro atoms. The Hall–Kier alpha value is -1.84. The Balaban J connectivity index is 2.21. The fourth-order valence-electron chi connectivity index (χ4n) is 2.02. The molecule has 4 nitrogen and oxygen atoms in total. The van der Waals surface area contributed by atoms with Crippen LogP contribution in [0.2, 0.25) is 0 Å². The van der Waals surface area contributed by atoms with Crippen LogP contribution in [0.1, 0.15) is 29.3 Å².